The van der Waals surface area contributed by atoms with Gasteiger partial charge in [-0.2, -0.15) is 0 Å². The molecule has 2 fully saturated rings. The van der Waals surface area contributed by atoms with Crippen molar-refractivity contribution in [3.8, 4) is 0 Å². The fourth-order valence-corrected chi connectivity index (χ4v) is 3.86. The van der Waals surface area contributed by atoms with E-state index in [0.717, 1.165) is 38.4 Å². The number of halogens is 2. The number of likely N-dealkylation sites (tertiary alicyclic amines) is 1. The van der Waals surface area contributed by atoms with Crippen LogP contribution in [-0.2, 0) is 0 Å². The fourth-order valence-electron chi connectivity index (χ4n) is 3.86. The van der Waals surface area contributed by atoms with Gasteiger partial charge < -0.3 is 5.32 Å². The summed E-state index contributed by atoms with van der Waals surface area (Å²) >= 11 is 0. The van der Waals surface area contributed by atoms with Crippen LogP contribution < -0.4 is 5.32 Å². The van der Waals surface area contributed by atoms with Crippen LogP contribution in [0.15, 0.2) is 18.2 Å². The molecule has 1 aromatic rings. The Hall–Kier alpha value is -1.00. The summed E-state index contributed by atoms with van der Waals surface area (Å²) in [5, 5.41) is 3.59. The van der Waals surface area contributed by atoms with Gasteiger partial charge in [0.2, 0.25) is 0 Å². The van der Waals surface area contributed by atoms with Crippen LogP contribution in [0.4, 0.5) is 8.78 Å². The lowest BCUT2D eigenvalue weighted by molar-refractivity contribution is 0.124. The van der Waals surface area contributed by atoms with Gasteiger partial charge in [-0.1, -0.05) is 12.1 Å². The van der Waals surface area contributed by atoms with Crippen LogP contribution in [0.5, 0.6) is 0 Å². The van der Waals surface area contributed by atoms with Gasteiger partial charge >= 0.3 is 0 Å². The van der Waals surface area contributed by atoms with Crippen LogP contribution in [0.1, 0.15) is 44.2 Å². The predicted octanol–water partition coefficient (Wildman–Crippen LogP) is 3.49. The molecule has 2 nitrogen and oxygen atoms in total. The van der Waals surface area contributed by atoms with Gasteiger partial charge in [-0.3, -0.25) is 4.90 Å². The molecule has 0 saturated carbocycles. The molecule has 2 saturated heterocycles. The number of piperidine rings is 1. The van der Waals surface area contributed by atoms with Crippen molar-refractivity contribution in [2.75, 3.05) is 19.6 Å². The van der Waals surface area contributed by atoms with Crippen LogP contribution in [0.2, 0.25) is 0 Å². The van der Waals surface area contributed by atoms with E-state index in [-0.39, 0.29) is 6.04 Å². The first kappa shape index (κ1) is 14.9. The molecule has 2 atom stereocenters. The Kier molecular flexibility index (Phi) is 4.55. The number of hydrogen-bond acceptors (Lipinski definition) is 2. The topological polar surface area (TPSA) is 15.3 Å². The lowest BCUT2D eigenvalue weighted by atomic mass is 9.87. The quantitative estimate of drug-likeness (QED) is 0.918. The van der Waals surface area contributed by atoms with E-state index in [1.807, 2.05) is 6.92 Å². The zero-order valence-electron chi connectivity index (χ0n) is 12.6. The first-order valence-electron chi connectivity index (χ1n) is 8.08. The first-order valence-corrected chi connectivity index (χ1v) is 8.08. The van der Waals surface area contributed by atoms with Crippen molar-refractivity contribution in [1.29, 1.82) is 0 Å². The van der Waals surface area contributed by atoms with E-state index < -0.39 is 11.6 Å². The molecule has 0 aromatic heterocycles. The molecule has 2 heterocycles. The third kappa shape index (κ3) is 3.11. The molecule has 0 bridgehead atoms. The van der Waals surface area contributed by atoms with E-state index in [1.54, 1.807) is 12.1 Å². The predicted molar refractivity (Wildman–Crippen MR) is 80.1 cm³/mol. The maximum Gasteiger partial charge on any atom is 0.163 e. The summed E-state index contributed by atoms with van der Waals surface area (Å²) in [6, 6.07) is 5.10. The molecule has 0 spiro atoms. The third-order valence-electron chi connectivity index (χ3n) is 5.22. The Morgan fingerprint density at radius 2 is 1.95 bits per heavy atom. The summed E-state index contributed by atoms with van der Waals surface area (Å²) < 4.78 is 27.3. The van der Waals surface area contributed by atoms with Gasteiger partial charge in [0.25, 0.3) is 0 Å². The average molecular weight is 294 g/mol. The minimum Gasteiger partial charge on any atom is -0.314 e. The van der Waals surface area contributed by atoms with Gasteiger partial charge in [0.05, 0.1) is 0 Å². The number of nitrogens with zero attached hydrogens (tertiary/aromatic N) is 1. The number of rotatable bonds is 3. The van der Waals surface area contributed by atoms with Crippen molar-refractivity contribution in [2.45, 2.75) is 44.7 Å². The van der Waals surface area contributed by atoms with Gasteiger partial charge in [-0.05, 0) is 64.2 Å². The Morgan fingerprint density at radius 1 is 1.19 bits per heavy atom. The largest absolute Gasteiger partial charge is 0.314 e. The van der Waals surface area contributed by atoms with Crippen molar-refractivity contribution >= 4 is 0 Å². The Balaban J connectivity index is 1.62. The molecule has 21 heavy (non-hydrogen) atoms. The van der Waals surface area contributed by atoms with Crippen LogP contribution in [0, 0.1) is 17.6 Å². The lowest BCUT2D eigenvalue weighted by Gasteiger charge is -2.38. The van der Waals surface area contributed by atoms with Gasteiger partial charge in [-0.15, -0.1) is 0 Å². The van der Waals surface area contributed by atoms with Crippen LogP contribution >= 0.6 is 0 Å². The fraction of sp³-hybridized carbons (Fsp3) is 0.647. The van der Waals surface area contributed by atoms with Gasteiger partial charge in [0.1, 0.15) is 0 Å². The van der Waals surface area contributed by atoms with Crippen LogP contribution in [0.3, 0.4) is 0 Å². The smallest absolute Gasteiger partial charge is 0.163 e. The standard InChI is InChI=1S/C17H24F2N2/c1-12(14-4-2-5-15(18)17(14)19)21-10-7-13(8-11-21)16-6-3-9-20-16/h2,4-5,12-13,16,20H,3,6-11H2,1H3. The number of hydrogen-bond donors (Lipinski definition) is 1. The highest BCUT2D eigenvalue weighted by Crippen LogP contribution is 2.31. The lowest BCUT2D eigenvalue weighted by Crippen LogP contribution is -2.41. The summed E-state index contributed by atoms with van der Waals surface area (Å²) in [5.74, 6) is -0.692. The third-order valence-corrected chi connectivity index (χ3v) is 5.22. The highest BCUT2D eigenvalue weighted by Gasteiger charge is 2.30. The second kappa shape index (κ2) is 6.41. The van der Waals surface area contributed by atoms with Gasteiger partial charge in [0.15, 0.2) is 11.6 Å². The molecule has 3 rings (SSSR count). The maximum atomic E-state index is 13.9. The molecule has 4 heteroatoms. The SMILES string of the molecule is CC(c1cccc(F)c1F)N1CCC(C2CCCN2)CC1. The van der Waals surface area contributed by atoms with E-state index >= 15 is 0 Å². The minimum atomic E-state index is -0.746. The summed E-state index contributed by atoms with van der Waals surface area (Å²) in [6.07, 6.45) is 4.88. The Bertz CT molecular complexity index is 478. The number of benzene rings is 1. The summed E-state index contributed by atoms with van der Waals surface area (Å²) in [4.78, 5) is 2.28. The van der Waals surface area contributed by atoms with Crippen LogP contribution in [0.25, 0.3) is 0 Å². The minimum absolute atomic E-state index is 0.0572. The van der Waals surface area contributed by atoms with Gasteiger partial charge in [0, 0.05) is 17.6 Å². The van der Waals surface area contributed by atoms with Crippen LogP contribution in [-0.4, -0.2) is 30.6 Å². The number of nitrogens with one attached hydrogen (secondary N) is 1. The maximum absolute atomic E-state index is 13.9. The molecule has 2 unspecified atom stereocenters. The van der Waals surface area contributed by atoms with Crippen molar-refractivity contribution < 1.29 is 8.78 Å². The van der Waals surface area contributed by atoms with E-state index in [2.05, 4.69) is 10.2 Å². The average Bonchev–Trinajstić information content (AvgIpc) is 3.04. The molecule has 116 valence electrons. The van der Waals surface area contributed by atoms with E-state index in [1.165, 1.54) is 18.9 Å². The monoisotopic (exact) mass is 294 g/mol. The zero-order valence-corrected chi connectivity index (χ0v) is 12.6. The van der Waals surface area contributed by atoms with Crippen molar-refractivity contribution in [3.63, 3.8) is 0 Å². The molecule has 2 aliphatic rings. The van der Waals surface area contributed by atoms with Gasteiger partial charge in [-0.25, -0.2) is 8.78 Å². The molecule has 1 aromatic carbocycles. The molecule has 0 aliphatic carbocycles. The first-order chi connectivity index (χ1) is 10.2. The van der Waals surface area contributed by atoms with E-state index in [0.29, 0.717) is 11.6 Å². The summed E-state index contributed by atoms with van der Waals surface area (Å²) in [5.41, 5.74) is 0.479. The van der Waals surface area contributed by atoms with Crippen molar-refractivity contribution in [1.82, 2.24) is 10.2 Å². The van der Waals surface area contributed by atoms with Crippen molar-refractivity contribution in [3.05, 3.63) is 35.4 Å². The molecule has 2 aliphatic heterocycles. The van der Waals surface area contributed by atoms with E-state index in [4.69, 9.17) is 0 Å². The molecule has 0 radical (unpaired) electrons. The Labute approximate surface area is 125 Å². The van der Waals surface area contributed by atoms with Crippen molar-refractivity contribution in [2.24, 2.45) is 5.92 Å². The highest BCUT2D eigenvalue weighted by molar-refractivity contribution is 5.22. The summed E-state index contributed by atoms with van der Waals surface area (Å²) in [6.45, 7) is 5.07. The molecule has 1 N–H and O–H groups in total. The second-order valence-corrected chi connectivity index (χ2v) is 6.40. The molecule has 0 amide bonds. The zero-order chi connectivity index (χ0) is 14.8. The summed E-state index contributed by atoms with van der Waals surface area (Å²) in [7, 11) is 0. The second-order valence-electron chi connectivity index (χ2n) is 6.40. The van der Waals surface area contributed by atoms with E-state index in [9.17, 15) is 8.78 Å². The molecular formula is C17H24F2N2. The molecular weight excluding hydrogens is 270 g/mol. The normalized spacial score (nSPS) is 26.1. The highest BCUT2D eigenvalue weighted by atomic mass is 19.2. The Morgan fingerprint density at radius 3 is 2.62 bits per heavy atom.